The summed E-state index contributed by atoms with van der Waals surface area (Å²) in [6, 6.07) is 17.5. The van der Waals surface area contributed by atoms with Gasteiger partial charge in [0.15, 0.2) is 6.54 Å². The van der Waals surface area contributed by atoms with Gasteiger partial charge in [0.1, 0.15) is 11.6 Å². The van der Waals surface area contributed by atoms with Crippen LogP contribution in [0.15, 0.2) is 66.7 Å². The van der Waals surface area contributed by atoms with E-state index in [9.17, 15) is 18.4 Å². The first-order chi connectivity index (χ1) is 16.7. The lowest BCUT2D eigenvalue weighted by Gasteiger charge is -2.43. The van der Waals surface area contributed by atoms with Crippen molar-refractivity contribution in [1.82, 2.24) is 0 Å². The first-order valence-electron chi connectivity index (χ1n) is 11.8. The standard InChI is InChI=1S/C28H27F2N3O2/c1-18-3-12-25-23(15-18)24-16-33(2,17-27(34)31-22-10-8-21(30)9-11-22)14-13-26(24)32(25)28(35)19-4-6-20(29)7-5-19/h3-12,15,24,26H,13-14,16-17H2,1-2H3/p+1/t24-,26+,33+/m0/s1. The molecule has 1 N–H and O–H groups in total. The molecule has 0 unspecified atom stereocenters. The van der Waals surface area contributed by atoms with Crippen molar-refractivity contribution in [3.63, 3.8) is 0 Å². The van der Waals surface area contributed by atoms with Crippen LogP contribution < -0.4 is 10.2 Å². The van der Waals surface area contributed by atoms with Gasteiger partial charge in [0.05, 0.1) is 32.1 Å². The van der Waals surface area contributed by atoms with Crippen LogP contribution in [-0.4, -0.2) is 49.0 Å². The Balaban J connectivity index is 1.38. The summed E-state index contributed by atoms with van der Waals surface area (Å²) in [6.45, 7) is 3.77. The number of fused-ring (bicyclic) bond motifs is 3. The van der Waals surface area contributed by atoms with Gasteiger partial charge in [-0.3, -0.25) is 9.59 Å². The molecule has 5 nitrogen and oxygen atoms in total. The van der Waals surface area contributed by atoms with E-state index in [0.717, 1.165) is 29.8 Å². The molecule has 1 fully saturated rings. The summed E-state index contributed by atoms with van der Waals surface area (Å²) in [7, 11) is 2.07. The fraction of sp³-hybridized carbons (Fsp3) is 0.286. The number of likely N-dealkylation sites (N-methyl/N-ethyl adjacent to an activating group) is 1. The van der Waals surface area contributed by atoms with E-state index < -0.39 is 0 Å². The van der Waals surface area contributed by atoms with Crippen molar-refractivity contribution in [2.45, 2.75) is 25.3 Å². The number of halogens is 2. The zero-order chi connectivity index (χ0) is 24.7. The van der Waals surface area contributed by atoms with Gasteiger partial charge in [-0.2, -0.15) is 0 Å². The van der Waals surface area contributed by atoms with Gasteiger partial charge >= 0.3 is 0 Å². The number of anilines is 2. The Morgan fingerprint density at radius 1 is 1.00 bits per heavy atom. The number of likely N-dealkylation sites (tertiary alicyclic amines) is 1. The van der Waals surface area contributed by atoms with Crippen molar-refractivity contribution in [3.05, 3.63) is 95.1 Å². The Labute approximate surface area is 203 Å². The zero-order valence-corrected chi connectivity index (χ0v) is 19.8. The van der Waals surface area contributed by atoms with Crippen molar-refractivity contribution >= 4 is 23.2 Å². The molecule has 0 saturated carbocycles. The number of quaternary nitrogens is 1. The first kappa shape index (κ1) is 23.2. The molecule has 0 radical (unpaired) electrons. The predicted octanol–water partition coefficient (Wildman–Crippen LogP) is 4.87. The maximum atomic E-state index is 13.5. The molecule has 0 aliphatic carbocycles. The average molecular weight is 477 g/mol. The Kier molecular flexibility index (Phi) is 5.89. The fourth-order valence-corrected chi connectivity index (χ4v) is 5.53. The SMILES string of the molecule is Cc1ccc2c(c1)[C@@H]1C[N@+](C)(CC(=O)Nc3ccc(F)cc3)CC[C@H]1N2C(=O)c1ccc(F)cc1. The molecule has 2 heterocycles. The third kappa shape index (κ3) is 4.56. The van der Waals surface area contributed by atoms with E-state index in [4.69, 9.17) is 0 Å². The predicted molar refractivity (Wildman–Crippen MR) is 131 cm³/mol. The van der Waals surface area contributed by atoms with Gasteiger partial charge in [-0.05, 0) is 67.1 Å². The number of amides is 2. The van der Waals surface area contributed by atoms with E-state index in [2.05, 4.69) is 18.4 Å². The number of benzene rings is 3. The molecular formula is C28H28F2N3O2+. The van der Waals surface area contributed by atoms with Crippen molar-refractivity contribution in [2.75, 3.05) is 36.9 Å². The highest BCUT2D eigenvalue weighted by atomic mass is 19.1. The van der Waals surface area contributed by atoms with E-state index in [1.54, 1.807) is 12.1 Å². The Morgan fingerprint density at radius 3 is 2.34 bits per heavy atom. The van der Waals surface area contributed by atoms with Crippen LogP contribution in [0, 0.1) is 18.6 Å². The van der Waals surface area contributed by atoms with Crippen LogP contribution in [0.1, 0.15) is 33.8 Å². The minimum atomic E-state index is -0.374. The summed E-state index contributed by atoms with van der Waals surface area (Å²) in [5.74, 6) is -0.890. The molecule has 180 valence electrons. The topological polar surface area (TPSA) is 49.4 Å². The highest BCUT2D eigenvalue weighted by Crippen LogP contribution is 2.47. The van der Waals surface area contributed by atoms with E-state index in [1.165, 1.54) is 36.4 Å². The Hall–Kier alpha value is -3.58. The number of carbonyl (C=O) groups excluding carboxylic acids is 2. The summed E-state index contributed by atoms with van der Waals surface area (Å²) in [4.78, 5) is 28.2. The van der Waals surface area contributed by atoms with Crippen molar-refractivity contribution in [1.29, 1.82) is 0 Å². The molecule has 7 heteroatoms. The maximum Gasteiger partial charge on any atom is 0.279 e. The lowest BCUT2D eigenvalue weighted by Crippen LogP contribution is -2.58. The normalized spacial score (nSPS) is 22.9. The van der Waals surface area contributed by atoms with Crippen LogP contribution in [0.5, 0.6) is 0 Å². The first-order valence-corrected chi connectivity index (χ1v) is 11.8. The monoisotopic (exact) mass is 476 g/mol. The number of nitrogens with zero attached hydrogens (tertiary/aromatic N) is 2. The van der Waals surface area contributed by atoms with Crippen molar-refractivity contribution in [2.24, 2.45) is 0 Å². The largest absolute Gasteiger partial charge is 0.321 e. The Bertz CT molecular complexity index is 1280. The molecule has 0 bridgehead atoms. The maximum absolute atomic E-state index is 13.5. The van der Waals surface area contributed by atoms with Crippen LogP contribution in [0.25, 0.3) is 0 Å². The fourth-order valence-electron chi connectivity index (χ4n) is 5.53. The van der Waals surface area contributed by atoms with E-state index >= 15 is 0 Å². The molecule has 0 aromatic heterocycles. The smallest absolute Gasteiger partial charge is 0.279 e. The molecule has 5 rings (SSSR count). The van der Waals surface area contributed by atoms with Gasteiger partial charge in [-0.15, -0.1) is 0 Å². The second kappa shape index (κ2) is 8.89. The summed E-state index contributed by atoms with van der Waals surface area (Å²) in [6.07, 6.45) is 0.742. The quantitative estimate of drug-likeness (QED) is 0.546. The molecular weight excluding hydrogens is 448 g/mol. The highest BCUT2D eigenvalue weighted by Gasteiger charge is 2.49. The molecule has 1 saturated heterocycles. The van der Waals surface area contributed by atoms with Gasteiger partial charge in [0, 0.05) is 23.4 Å². The van der Waals surface area contributed by atoms with Gasteiger partial charge in [0.2, 0.25) is 0 Å². The molecule has 2 aliphatic heterocycles. The number of carbonyl (C=O) groups is 2. The lowest BCUT2D eigenvalue weighted by molar-refractivity contribution is -0.907. The zero-order valence-electron chi connectivity index (χ0n) is 19.8. The van der Waals surface area contributed by atoms with E-state index in [-0.39, 0.29) is 42.0 Å². The molecule has 3 aromatic carbocycles. The third-order valence-electron chi connectivity index (χ3n) is 7.20. The summed E-state index contributed by atoms with van der Waals surface area (Å²) < 4.78 is 27.2. The van der Waals surface area contributed by atoms with Crippen LogP contribution in [-0.2, 0) is 4.79 Å². The minimum absolute atomic E-state index is 0.0179. The van der Waals surface area contributed by atoms with Crippen LogP contribution in [0.2, 0.25) is 0 Å². The molecule has 2 aliphatic rings. The van der Waals surface area contributed by atoms with Crippen molar-refractivity contribution < 1.29 is 22.9 Å². The summed E-state index contributed by atoms with van der Waals surface area (Å²) in [5, 5.41) is 2.87. The van der Waals surface area contributed by atoms with E-state index in [1.807, 2.05) is 24.0 Å². The third-order valence-corrected chi connectivity index (χ3v) is 7.20. The summed E-state index contributed by atoms with van der Waals surface area (Å²) in [5.41, 5.74) is 4.15. The van der Waals surface area contributed by atoms with Crippen LogP contribution in [0.3, 0.4) is 0 Å². The summed E-state index contributed by atoms with van der Waals surface area (Å²) >= 11 is 0. The highest BCUT2D eigenvalue weighted by molar-refractivity contribution is 6.08. The number of nitrogens with one attached hydrogen (secondary N) is 1. The van der Waals surface area contributed by atoms with Crippen LogP contribution >= 0.6 is 0 Å². The number of hydrogen-bond donors (Lipinski definition) is 1. The number of hydrogen-bond acceptors (Lipinski definition) is 2. The molecule has 35 heavy (non-hydrogen) atoms. The van der Waals surface area contributed by atoms with Gasteiger partial charge in [-0.1, -0.05) is 17.7 Å². The molecule has 2 amide bonds. The lowest BCUT2D eigenvalue weighted by atomic mass is 9.87. The van der Waals surface area contributed by atoms with Gasteiger partial charge < -0.3 is 14.7 Å². The number of aryl methyl sites for hydroxylation is 1. The molecule has 0 spiro atoms. The second-order valence-corrected chi connectivity index (χ2v) is 9.95. The van der Waals surface area contributed by atoms with Gasteiger partial charge in [-0.25, -0.2) is 8.78 Å². The average Bonchev–Trinajstić information content (AvgIpc) is 3.12. The Morgan fingerprint density at radius 2 is 1.66 bits per heavy atom. The number of piperidine rings is 1. The molecule has 3 aromatic rings. The number of rotatable bonds is 4. The van der Waals surface area contributed by atoms with E-state index in [0.29, 0.717) is 22.3 Å². The minimum Gasteiger partial charge on any atom is -0.321 e. The second-order valence-electron chi connectivity index (χ2n) is 9.95. The molecule has 3 atom stereocenters. The van der Waals surface area contributed by atoms with Gasteiger partial charge in [0.25, 0.3) is 11.8 Å². The van der Waals surface area contributed by atoms with Crippen molar-refractivity contribution in [3.8, 4) is 0 Å². The van der Waals surface area contributed by atoms with Crippen LogP contribution in [0.4, 0.5) is 20.2 Å².